The highest BCUT2D eigenvalue weighted by Gasteiger charge is 2.15. The van der Waals surface area contributed by atoms with Gasteiger partial charge in [0.1, 0.15) is 6.61 Å². The third-order valence-corrected chi connectivity index (χ3v) is 3.12. The first kappa shape index (κ1) is 15.4. The summed E-state index contributed by atoms with van der Waals surface area (Å²) in [6.45, 7) is 1.49. The molecule has 114 valence electrons. The van der Waals surface area contributed by atoms with Crippen molar-refractivity contribution in [1.82, 2.24) is 0 Å². The van der Waals surface area contributed by atoms with E-state index in [1.807, 2.05) is 0 Å². The van der Waals surface area contributed by atoms with Crippen LogP contribution in [-0.2, 0) is 6.61 Å². The smallest absolute Gasteiger partial charge is 0.272 e. The van der Waals surface area contributed by atoms with Gasteiger partial charge in [0.15, 0.2) is 11.6 Å². The van der Waals surface area contributed by atoms with E-state index in [4.69, 9.17) is 4.74 Å². The lowest BCUT2D eigenvalue weighted by molar-refractivity contribution is -0.385. The van der Waals surface area contributed by atoms with Crippen molar-refractivity contribution in [2.75, 3.05) is 0 Å². The summed E-state index contributed by atoms with van der Waals surface area (Å²) in [5.41, 5.74) is 0.531. The molecule has 8 heteroatoms. The molecule has 0 saturated heterocycles. The Morgan fingerprint density at radius 1 is 1.14 bits per heavy atom. The highest BCUT2D eigenvalue weighted by atomic mass is 19.1. The van der Waals surface area contributed by atoms with Crippen molar-refractivity contribution in [3.05, 3.63) is 73.6 Å². The molecule has 0 aliphatic heterocycles. The van der Waals surface area contributed by atoms with Crippen LogP contribution in [0.1, 0.15) is 11.1 Å². The van der Waals surface area contributed by atoms with E-state index in [1.54, 1.807) is 13.0 Å². The van der Waals surface area contributed by atoms with Gasteiger partial charge in [-0.1, -0.05) is 12.1 Å². The number of hydrogen-bond acceptors (Lipinski definition) is 5. The van der Waals surface area contributed by atoms with E-state index in [-0.39, 0.29) is 23.7 Å². The topological polar surface area (TPSA) is 95.5 Å². The van der Waals surface area contributed by atoms with E-state index in [1.165, 1.54) is 12.1 Å². The summed E-state index contributed by atoms with van der Waals surface area (Å²) in [6, 6.07) is 7.54. The predicted octanol–water partition coefficient (Wildman–Crippen LogP) is 3.53. The van der Waals surface area contributed by atoms with Crippen molar-refractivity contribution >= 4 is 11.4 Å². The Labute approximate surface area is 124 Å². The van der Waals surface area contributed by atoms with Crippen molar-refractivity contribution in [3.8, 4) is 5.75 Å². The molecule has 0 N–H and O–H groups in total. The van der Waals surface area contributed by atoms with E-state index in [0.717, 1.165) is 18.2 Å². The van der Waals surface area contributed by atoms with Crippen LogP contribution < -0.4 is 4.74 Å². The minimum absolute atomic E-state index is 0.0507. The van der Waals surface area contributed by atoms with Gasteiger partial charge in [-0.25, -0.2) is 4.39 Å². The van der Waals surface area contributed by atoms with Gasteiger partial charge < -0.3 is 4.74 Å². The lowest BCUT2D eigenvalue weighted by Crippen LogP contribution is -2.02. The van der Waals surface area contributed by atoms with E-state index in [2.05, 4.69) is 0 Å². The zero-order chi connectivity index (χ0) is 16.3. The number of benzene rings is 2. The van der Waals surface area contributed by atoms with Gasteiger partial charge in [0.2, 0.25) is 0 Å². The normalized spacial score (nSPS) is 10.3. The van der Waals surface area contributed by atoms with Crippen molar-refractivity contribution in [2.45, 2.75) is 13.5 Å². The molecule has 0 heterocycles. The molecule has 0 bridgehead atoms. The number of ether oxygens (including phenoxy) is 1. The van der Waals surface area contributed by atoms with Crippen molar-refractivity contribution in [1.29, 1.82) is 0 Å². The summed E-state index contributed by atoms with van der Waals surface area (Å²) in [5.74, 6) is -1.02. The van der Waals surface area contributed by atoms with Gasteiger partial charge >= 0.3 is 0 Å². The maximum atomic E-state index is 13.7. The number of nitro groups is 2. The molecule has 0 atom stereocenters. The monoisotopic (exact) mass is 306 g/mol. The van der Waals surface area contributed by atoms with E-state index >= 15 is 0 Å². The van der Waals surface area contributed by atoms with Crippen LogP contribution in [0.15, 0.2) is 36.4 Å². The largest absolute Gasteiger partial charge is 0.486 e. The maximum absolute atomic E-state index is 13.7. The molecule has 2 aromatic rings. The van der Waals surface area contributed by atoms with Gasteiger partial charge in [0.25, 0.3) is 11.4 Å². The zero-order valence-corrected chi connectivity index (χ0v) is 11.5. The number of nitro benzene ring substituents is 2. The molecule has 0 fully saturated rings. The number of hydrogen-bond donors (Lipinski definition) is 0. The first-order chi connectivity index (χ1) is 10.4. The second kappa shape index (κ2) is 6.17. The van der Waals surface area contributed by atoms with Crippen LogP contribution >= 0.6 is 0 Å². The average molecular weight is 306 g/mol. The SMILES string of the molecule is Cc1c(COc2ccc([N+](=O)[O-])cc2F)cccc1[N+](=O)[O-]. The molecular weight excluding hydrogens is 295 g/mol. The molecule has 2 rings (SSSR count). The third kappa shape index (κ3) is 3.17. The first-order valence-electron chi connectivity index (χ1n) is 6.19. The Morgan fingerprint density at radius 2 is 1.86 bits per heavy atom. The van der Waals surface area contributed by atoms with E-state index in [0.29, 0.717) is 11.1 Å². The van der Waals surface area contributed by atoms with Gasteiger partial charge in [-0.3, -0.25) is 20.2 Å². The fourth-order valence-corrected chi connectivity index (χ4v) is 1.90. The number of nitrogens with zero attached hydrogens (tertiary/aromatic N) is 2. The summed E-state index contributed by atoms with van der Waals surface area (Å²) >= 11 is 0. The lowest BCUT2D eigenvalue weighted by Gasteiger charge is -2.09. The third-order valence-electron chi connectivity index (χ3n) is 3.12. The zero-order valence-electron chi connectivity index (χ0n) is 11.5. The molecule has 0 aliphatic rings. The van der Waals surface area contributed by atoms with Crippen LogP contribution in [0.25, 0.3) is 0 Å². The molecule has 0 aromatic heterocycles. The lowest BCUT2D eigenvalue weighted by atomic mass is 10.1. The minimum Gasteiger partial charge on any atom is -0.486 e. The van der Waals surface area contributed by atoms with Gasteiger partial charge in [-0.15, -0.1) is 0 Å². The first-order valence-corrected chi connectivity index (χ1v) is 6.19. The molecule has 7 nitrogen and oxygen atoms in total. The Kier molecular flexibility index (Phi) is 4.31. The molecule has 0 saturated carbocycles. The fraction of sp³-hybridized carbons (Fsp3) is 0.143. The molecule has 0 amide bonds. The second-order valence-electron chi connectivity index (χ2n) is 4.48. The Bertz CT molecular complexity index is 748. The number of non-ortho nitro benzene ring substituents is 1. The van der Waals surface area contributed by atoms with Crippen LogP contribution in [0.2, 0.25) is 0 Å². The predicted molar refractivity (Wildman–Crippen MR) is 75.2 cm³/mol. The fourth-order valence-electron chi connectivity index (χ4n) is 1.90. The summed E-state index contributed by atoms with van der Waals surface area (Å²) in [4.78, 5) is 20.1. The summed E-state index contributed by atoms with van der Waals surface area (Å²) in [6.07, 6.45) is 0. The molecule has 0 aliphatic carbocycles. The Hall–Kier alpha value is -3.03. The minimum atomic E-state index is -0.864. The average Bonchev–Trinajstić information content (AvgIpc) is 2.46. The van der Waals surface area contributed by atoms with Crippen LogP contribution in [0.4, 0.5) is 15.8 Å². The van der Waals surface area contributed by atoms with Crippen LogP contribution in [0, 0.1) is 33.0 Å². The number of rotatable bonds is 5. The molecule has 0 radical (unpaired) electrons. The van der Waals surface area contributed by atoms with Gasteiger partial charge in [-0.05, 0) is 18.6 Å². The van der Waals surface area contributed by atoms with Gasteiger partial charge in [-0.2, -0.15) is 0 Å². The van der Waals surface area contributed by atoms with E-state index in [9.17, 15) is 24.6 Å². The van der Waals surface area contributed by atoms with Crippen molar-refractivity contribution in [3.63, 3.8) is 0 Å². The standard InChI is InChI=1S/C14H11FN2O5/c1-9-10(3-2-4-13(9)17(20)21)8-22-14-6-5-11(16(18)19)7-12(14)15/h2-7H,8H2,1H3. The van der Waals surface area contributed by atoms with Crippen molar-refractivity contribution in [2.24, 2.45) is 0 Å². The maximum Gasteiger partial charge on any atom is 0.272 e. The Morgan fingerprint density at radius 3 is 2.45 bits per heavy atom. The molecule has 2 aromatic carbocycles. The highest BCUT2D eigenvalue weighted by molar-refractivity contribution is 5.44. The molecule has 0 unspecified atom stereocenters. The second-order valence-corrected chi connectivity index (χ2v) is 4.48. The van der Waals surface area contributed by atoms with Crippen LogP contribution in [-0.4, -0.2) is 9.85 Å². The van der Waals surface area contributed by atoms with Crippen molar-refractivity contribution < 1.29 is 19.0 Å². The summed E-state index contributed by atoms with van der Waals surface area (Å²) < 4.78 is 18.9. The van der Waals surface area contributed by atoms with Crippen LogP contribution in [0.3, 0.4) is 0 Å². The molecule has 22 heavy (non-hydrogen) atoms. The van der Waals surface area contributed by atoms with Gasteiger partial charge in [0.05, 0.1) is 15.9 Å². The number of halogens is 1. The summed E-state index contributed by atoms with van der Waals surface area (Å²) in [7, 11) is 0. The molecular formula is C14H11FN2O5. The summed E-state index contributed by atoms with van der Waals surface area (Å²) in [5, 5.41) is 21.4. The highest BCUT2D eigenvalue weighted by Crippen LogP contribution is 2.25. The van der Waals surface area contributed by atoms with Crippen LogP contribution in [0.5, 0.6) is 5.75 Å². The van der Waals surface area contributed by atoms with E-state index < -0.39 is 15.7 Å². The molecule has 0 spiro atoms. The Balaban J connectivity index is 2.19. The van der Waals surface area contributed by atoms with Gasteiger partial charge in [0, 0.05) is 17.7 Å². The quantitative estimate of drug-likeness (QED) is 0.622.